The molecule has 5 rings (SSSR count). The molecule has 0 saturated heterocycles. The Kier molecular flexibility index (Phi) is 7.46. The Hall–Kier alpha value is -2.61. The van der Waals surface area contributed by atoms with Gasteiger partial charge in [-0.1, -0.05) is 47.6 Å². The lowest BCUT2D eigenvalue weighted by molar-refractivity contribution is -0.677. The number of anilines is 1. The summed E-state index contributed by atoms with van der Waals surface area (Å²) in [6.07, 6.45) is 2.09. The van der Waals surface area contributed by atoms with Gasteiger partial charge in [-0.05, 0) is 42.1 Å². The lowest BCUT2D eigenvalue weighted by atomic mass is 10.1. The first kappa shape index (κ1) is 27.0. The average Bonchev–Trinajstić information content (AvgIpc) is 3.35. The SMILES string of the molecule is O=S(=O)([O-])CCC[n+]1c(/C=C2\Sc3ccc(Cl)cc3N2CCCS(=O)(=O)O)oc2ccc3ccccc3c21. The lowest BCUT2D eigenvalue weighted by Gasteiger charge is -2.19. The van der Waals surface area contributed by atoms with E-state index in [-0.39, 0.29) is 19.4 Å². The molecule has 0 amide bonds. The van der Waals surface area contributed by atoms with Gasteiger partial charge < -0.3 is 13.9 Å². The zero-order valence-corrected chi connectivity index (χ0v) is 23.1. The van der Waals surface area contributed by atoms with Gasteiger partial charge in [-0.2, -0.15) is 13.0 Å². The van der Waals surface area contributed by atoms with Gasteiger partial charge in [0.1, 0.15) is 0 Å². The van der Waals surface area contributed by atoms with Crippen molar-refractivity contribution in [2.24, 2.45) is 0 Å². The second-order valence-corrected chi connectivity index (χ2v) is 13.4. The molecule has 0 aliphatic carbocycles. The number of aryl methyl sites for hydroxylation is 1. The minimum atomic E-state index is -4.38. The van der Waals surface area contributed by atoms with Gasteiger partial charge in [0.2, 0.25) is 5.58 Å². The van der Waals surface area contributed by atoms with Crippen LogP contribution in [0.1, 0.15) is 18.7 Å². The summed E-state index contributed by atoms with van der Waals surface area (Å²) in [6.45, 7) is 0.525. The van der Waals surface area contributed by atoms with Crippen LogP contribution in [-0.2, 0) is 26.8 Å². The highest BCUT2D eigenvalue weighted by molar-refractivity contribution is 8.03. The summed E-state index contributed by atoms with van der Waals surface area (Å²) in [5, 5.41) is 3.16. The number of fused-ring (bicyclic) bond motifs is 4. The molecule has 200 valence electrons. The zero-order chi connectivity index (χ0) is 27.1. The van der Waals surface area contributed by atoms with Gasteiger partial charge >= 0.3 is 5.89 Å². The van der Waals surface area contributed by atoms with Crippen molar-refractivity contribution in [1.82, 2.24) is 0 Å². The van der Waals surface area contributed by atoms with Crippen molar-refractivity contribution < 1.29 is 34.9 Å². The van der Waals surface area contributed by atoms with Crippen LogP contribution in [0, 0.1) is 0 Å². The summed E-state index contributed by atoms with van der Waals surface area (Å²) in [5.74, 6) is -0.452. The molecular weight excluding hydrogens is 572 g/mol. The standard InChI is InChI=1S/C25H23ClN2O7S3/c26-18-8-10-22-20(15-18)27(11-3-13-37(29,30)31)24(36-22)16-23-28(12-4-14-38(32,33)34)25-19-6-2-1-5-17(19)7-9-21(25)35-23/h1-2,5-10,15-16H,3-4,11-14H2,(H-,29,30,31,32,33,34). The molecule has 4 aromatic rings. The van der Waals surface area contributed by atoms with Crippen molar-refractivity contribution >= 4 is 77.2 Å². The first-order valence-corrected chi connectivity index (χ1v) is 16.1. The smallest absolute Gasteiger partial charge is 0.376 e. The van der Waals surface area contributed by atoms with Crippen molar-refractivity contribution in [2.45, 2.75) is 24.3 Å². The number of aromatic nitrogens is 1. The van der Waals surface area contributed by atoms with Crippen molar-refractivity contribution in [3.63, 3.8) is 0 Å². The summed E-state index contributed by atoms with van der Waals surface area (Å²) in [4.78, 5) is 2.83. The fraction of sp³-hybridized carbons (Fsp3) is 0.240. The number of halogens is 1. The van der Waals surface area contributed by atoms with Gasteiger partial charge in [0.25, 0.3) is 15.6 Å². The van der Waals surface area contributed by atoms with E-state index in [9.17, 15) is 25.9 Å². The summed E-state index contributed by atoms with van der Waals surface area (Å²) < 4.78 is 73.8. The van der Waals surface area contributed by atoms with Crippen molar-refractivity contribution in [3.05, 3.63) is 70.5 Å². The van der Waals surface area contributed by atoms with Gasteiger partial charge in [0, 0.05) is 28.6 Å². The number of rotatable bonds is 9. The predicted molar refractivity (Wildman–Crippen MR) is 147 cm³/mol. The van der Waals surface area contributed by atoms with Gasteiger partial charge in [0.15, 0.2) is 6.54 Å². The molecule has 2 heterocycles. The summed E-state index contributed by atoms with van der Waals surface area (Å²) in [7, 11) is -8.50. The fourth-order valence-corrected chi connectivity index (χ4v) is 6.76. The van der Waals surface area contributed by atoms with Crippen LogP contribution in [0.3, 0.4) is 0 Å². The molecule has 0 radical (unpaired) electrons. The normalized spacial score (nSPS) is 15.1. The molecule has 1 N–H and O–H groups in total. The van der Waals surface area contributed by atoms with Gasteiger partial charge in [-0.25, -0.2) is 8.42 Å². The van der Waals surface area contributed by atoms with E-state index in [1.165, 1.54) is 11.8 Å². The summed E-state index contributed by atoms with van der Waals surface area (Å²) in [6, 6.07) is 17.0. The molecule has 0 bridgehead atoms. The maximum Gasteiger partial charge on any atom is 0.376 e. The van der Waals surface area contributed by atoms with E-state index in [0.717, 1.165) is 31.9 Å². The maximum atomic E-state index is 11.3. The average molecular weight is 595 g/mol. The highest BCUT2D eigenvalue weighted by atomic mass is 35.5. The van der Waals surface area contributed by atoms with E-state index in [1.54, 1.807) is 12.1 Å². The van der Waals surface area contributed by atoms with Crippen LogP contribution in [-0.4, -0.2) is 44.0 Å². The zero-order valence-electron chi connectivity index (χ0n) is 19.9. The molecule has 1 aromatic heterocycles. The third kappa shape index (κ3) is 6.00. The Morgan fingerprint density at radius 1 is 1.05 bits per heavy atom. The van der Waals surface area contributed by atoms with E-state index in [2.05, 4.69) is 0 Å². The van der Waals surface area contributed by atoms with Gasteiger partial charge in [0.05, 0.1) is 38.0 Å². The molecule has 0 saturated carbocycles. The molecule has 38 heavy (non-hydrogen) atoms. The van der Waals surface area contributed by atoms with Crippen LogP contribution >= 0.6 is 23.4 Å². The number of hydrogen-bond donors (Lipinski definition) is 1. The van der Waals surface area contributed by atoms with Crippen LogP contribution in [0.4, 0.5) is 5.69 Å². The second kappa shape index (κ2) is 10.5. The Balaban J connectivity index is 1.60. The van der Waals surface area contributed by atoms with E-state index in [0.29, 0.717) is 23.0 Å². The van der Waals surface area contributed by atoms with Crippen molar-refractivity contribution in [3.8, 4) is 0 Å². The second-order valence-electron chi connectivity index (χ2n) is 8.83. The largest absolute Gasteiger partial charge is 0.748 e. The Morgan fingerprint density at radius 2 is 1.84 bits per heavy atom. The third-order valence-corrected chi connectivity index (χ3v) is 9.05. The monoisotopic (exact) mass is 594 g/mol. The van der Waals surface area contributed by atoms with Crippen LogP contribution in [0.25, 0.3) is 27.9 Å². The molecule has 0 spiro atoms. The molecule has 0 atom stereocenters. The van der Waals surface area contributed by atoms with E-state index >= 15 is 0 Å². The number of thioether (sulfide) groups is 1. The first-order chi connectivity index (χ1) is 18.0. The predicted octanol–water partition coefficient (Wildman–Crippen LogP) is 4.65. The number of nitrogens with zero attached hydrogens (tertiary/aromatic N) is 2. The van der Waals surface area contributed by atoms with Crippen molar-refractivity contribution in [1.29, 1.82) is 0 Å². The highest BCUT2D eigenvalue weighted by Crippen LogP contribution is 2.47. The topological polar surface area (TPSA) is 132 Å². The molecule has 3 aromatic carbocycles. The molecular formula is C25H23ClN2O7S3. The first-order valence-electron chi connectivity index (χ1n) is 11.7. The minimum absolute atomic E-state index is 0.103. The number of oxazole rings is 1. The van der Waals surface area contributed by atoms with Crippen LogP contribution < -0.4 is 9.47 Å². The van der Waals surface area contributed by atoms with Crippen molar-refractivity contribution in [2.75, 3.05) is 23.0 Å². The summed E-state index contributed by atoms with van der Waals surface area (Å²) in [5.41, 5.74) is 2.18. The van der Waals surface area contributed by atoms with Gasteiger partial charge in [-0.15, -0.1) is 0 Å². The lowest BCUT2D eigenvalue weighted by Crippen LogP contribution is -2.36. The van der Waals surface area contributed by atoms with E-state index < -0.39 is 31.7 Å². The van der Waals surface area contributed by atoms with E-state index in [4.69, 9.17) is 16.0 Å². The third-order valence-electron chi connectivity index (χ3n) is 6.11. The molecule has 0 fully saturated rings. The van der Waals surface area contributed by atoms with E-state index in [1.807, 2.05) is 58.0 Å². The number of hydrogen-bond acceptors (Lipinski definition) is 8. The molecule has 9 nitrogen and oxygen atoms in total. The summed E-state index contributed by atoms with van der Waals surface area (Å²) >= 11 is 7.70. The quantitative estimate of drug-likeness (QED) is 0.217. The number of benzene rings is 3. The molecule has 0 unspecified atom stereocenters. The molecule has 1 aliphatic rings. The molecule has 13 heteroatoms. The minimum Gasteiger partial charge on any atom is -0.748 e. The molecule has 1 aliphatic heterocycles. The maximum absolute atomic E-state index is 11.3. The van der Waals surface area contributed by atoms with Crippen LogP contribution in [0.15, 0.2) is 68.9 Å². The van der Waals surface area contributed by atoms with Crippen LogP contribution in [0.2, 0.25) is 5.02 Å². The Labute approximate surface area is 229 Å². The highest BCUT2D eigenvalue weighted by Gasteiger charge is 2.30. The van der Waals surface area contributed by atoms with Crippen LogP contribution in [0.5, 0.6) is 0 Å². The van der Waals surface area contributed by atoms with Gasteiger partial charge in [-0.3, -0.25) is 4.55 Å². The Morgan fingerprint density at radius 3 is 2.61 bits per heavy atom. The Bertz CT molecular complexity index is 1780. The fourth-order valence-electron chi connectivity index (χ4n) is 4.53.